The van der Waals surface area contributed by atoms with Crippen molar-refractivity contribution >= 4 is 0 Å². The summed E-state index contributed by atoms with van der Waals surface area (Å²) < 4.78 is 16.6. The number of benzene rings is 1. The monoisotopic (exact) mass is 281 g/mol. The smallest absolute Gasteiger partial charge is 0.127 e. The van der Waals surface area contributed by atoms with Crippen molar-refractivity contribution in [3.8, 4) is 11.5 Å². The van der Waals surface area contributed by atoms with Crippen molar-refractivity contribution in [2.45, 2.75) is 32.7 Å². The van der Waals surface area contributed by atoms with Crippen LogP contribution in [0.2, 0.25) is 0 Å². The van der Waals surface area contributed by atoms with Gasteiger partial charge < -0.3 is 19.5 Å². The van der Waals surface area contributed by atoms with Gasteiger partial charge >= 0.3 is 0 Å². The van der Waals surface area contributed by atoms with Crippen molar-refractivity contribution in [1.29, 1.82) is 0 Å². The Balaban J connectivity index is 2.57. The van der Waals surface area contributed by atoms with Gasteiger partial charge in [0.2, 0.25) is 0 Å². The summed E-state index contributed by atoms with van der Waals surface area (Å²) in [6, 6.07) is 6.05. The van der Waals surface area contributed by atoms with Gasteiger partial charge in [-0.1, -0.05) is 13.0 Å². The number of ether oxygens (including phenoxy) is 3. The maximum atomic E-state index is 5.88. The van der Waals surface area contributed by atoms with Crippen LogP contribution in [0.15, 0.2) is 18.2 Å². The van der Waals surface area contributed by atoms with Crippen molar-refractivity contribution in [3.05, 3.63) is 23.8 Å². The second-order valence-electron chi connectivity index (χ2n) is 4.70. The molecule has 0 saturated carbocycles. The maximum Gasteiger partial charge on any atom is 0.127 e. The summed E-state index contributed by atoms with van der Waals surface area (Å²) >= 11 is 0. The highest BCUT2D eigenvalue weighted by atomic mass is 16.5. The van der Waals surface area contributed by atoms with E-state index in [2.05, 4.69) is 18.3 Å². The SMILES string of the molecule is CCCOc1ccc(CNC)c(OCCCCOC)c1. The molecule has 0 aliphatic carbocycles. The molecule has 4 nitrogen and oxygen atoms in total. The molecule has 0 spiro atoms. The van der Waals surface area contributed by atoms with E-state index in [1.54, 1.807) is 7.11 Å². The van der Waals surface area contributed by atoms with Gasteiger partial charge in [0.05, 0.1) is 13.2 Å². The Labute approximate surface area is 122 Å². The van der Waals surface area contributed by atoms with E-state index in [4.69, 9.17) is 14.2 Å². The van der Waals surface area contributed by atoms with Crippen LogP contribution < -0.4 is 14.8 Å². The van der Waals surface area contributed by atoms with Gasteiger partial charge in [-0.25, -0.2) is 0 Å². The average Bonchev–Trinajstić information content (AvgIpc) is 2.47. The van der Waals surface area contributed by atoms with Crippen LogP contribution in [0.25, 0.3) is 0 Å². The normalized spacial score (nSPS) is 10.6. The Hall–Kier alpha value is -1.26. The van der Waals surface area contributed by atoms with Crippen LogP contribution in [-0.4, -0.2) is 34.0 Å². The second kappa shape index (κ2) is 10.5. The lowest BCUT2D eigenvalue weighted by molar-refractivity contribution is 0.184. The van der Waals surface area contributed by atoms with Crippen molar-refractivity contribution in [2.75, 3.05) is 34.0 Å². The zero-order valence-electron chi connectivity index (χ0n) is 12.9. The fourth-order valence-corrected chi connectivity index (χ4v) is 1.85. The van der Waals surface area contributed by atoms with E-state index in [0.29, 0.717) is 6.61 Å². The molecule has 20 heavy (non-hydrogen) atoms. The zero-order valence-corrected chi connectivity index (χ0v) is 12.9. The van der Waals surface area contributed by atoms with Crippen molar-refractivity contribution in [3.63, 3.8) is 0 Å². The summed E-state index contributed by atoms with van der Waals surface area (Å²) in [5.74, 6) is 1.78. The van der Waals surface area contributed by atoms with Crippen LogP contribution in [0.5, 0.6) is 11.5 Å². The van der Waals surface area contributed by atoms with Gasteiger partial charge in [-0.3, -0.25) is 0 Å². The molecule has 0 bridgehead atoms. The molecule has 0 atom stereocenters. The number of unbranched alkanes of at least 4 members (excludes halogenated alkanes) is 1. The molecule has 0 fully saturated rings. The van der Waals surface area contributed by atoms with Gasteiger partial charge in [0.1, 0.15) is 11.5 Å². The van der Waals surface area contributed by atoms with Gasteiger partial charge in [-0.15, -0.1) is 0 Å². The van der Waals surface area contributed by atoms with Crippen LogP contribution in [-0.2, 0) is 11.3 Å². The van der Waals surface area contributed by atoms with Crippen LogP contribution in [0, 0.1) is 0 Å². The Morgan fingerprint density at radius 1 is 1.05 bits per heavy atom. The summed E-state index contributed by atoms with van der Waals surface area (Å²) in [4.78, 5) is 0. The molecule has 1 aromatic carbocycles. The van der Waals surface area contributed by atoms with E-state index >= 15 is 0 Å². The van der Waals surface area contributed by atoms with Crippen molar-refractivity contribution in [2.24, 2.45) is 0 Å². The predicted octanol–water partition coefficient (Wildman–Crippen LogP) is 3.00. The highest BCUT2D eigenvalue weighted by molar-refractivity contribution is 5.40. The minimum atomic E-state index is 0.706. The van der Waals surface area contributed by atoms with Gasteiger partial charge in [0.15, 0.2) is 0 Å². The number of hydrogen-bond donors (Lipinski definition) is 1. The Morgan fingerprint density at radius 2 is 1.85 bits per heavy atom. The van der Waals surface area contributed by atoms with Crippen molar-refractivity contribution < 1.29 is 14.2 Å². The maximum absolute atomic E-state index is 5.88. The summed E-state index contributed by atoms with van der Waals surface area (Å²) in [6.45, 7) is 5.12. The van der Waals surface area contributed by atoms with E-state index in [-0.39, 0.29) is 0 Å². The average molecular weight is 281 g/mol. The molecular weight excluding hydrogens is 254 g/mol. The minimum Gasteiger partial charge on any atom is -0.493 e. The van der Waals surface area contributed by atoms with E-state index in [9.17, 15) is 0 Å². The highest BCUT2D eigenvalue weighted by Crippen LogP contribution is 2.25. The van der Waals surface area contributed by atoms with Crippen LogP contribution in [0.1, 0.15) is 31.7 Å². The Kier molecular flexibility index (Phi) is 8.83. The van der Waals surface area contributed by atoms with E-state index in [1.165, 1.54) is 0 Å². The van der Waals surface area contributed by atoms with Crippen LogP contribution in [0.4, 0.5) is 0 Å². The molecule has 0 heterocycles. The van der Waals surface area contributed by atoms with E-state index in [0.717, 1.165) is 56.1 Å². The molecule has 1 rings (SSSR count). The number of nitrogens with one attached hydrogen (secondary N) is 1. The van der Waals surface area contributed by atoms with Gasteiger partial charge in [-0.05, 0) is 32.4 Å². The van der Waals surface area contributed by atoms with Gasteiger partial charge in [0, 0.05) is 31.9 Å². The molecule has 0 saturated heterocycles. The molecule has 1 N–H and O–H groups in total. The first-order valence-corrected chi connectivity index (χ1v) is 7.33. The molecule has 0 aliphatic heterocycles. The molecule has 0 radical (unpaired) electrons. The fourth-order valence-electron chi connectivity index (χ4n) is 1.85. The predicted molar refractivity (Wildman–Crippen MR) is 81.6 cm³/mol. The van der Waals surface area contributed by atoms with E-state index < -0.39 is 0 Å². The lowest BCUT2D eigenvalue weighted by Crippen LogP contribution is -2.09. The summed E-state index contributed by atoms with van der Waals surface area (Å²) in [6.07, 6.45) is 3.02. The largest absolute Gasteiger partial charge is 0.493 e. The molecule has 0 amide bonds. The zero-order chi connectivity index (χ0) is 14.6. The molecule has 114 valence electrons. The molecule has 0 aromatic heterocycles. The lowest BCUT2D eigenvalue weighted by Gasteiger charge is -2.13. The molecule has 0 aliphatic rings. The first-order valence-electron chi connectivity index (χ1n) is 7.33. The second-order valence-corrected chi connectivity index (χ2v) is 4.70. The first-order chi connectivity index (χ1) is 9.81. The number of rotatable bonds is 11. The summed E-state index contributed by atoms with van der Waals surface area (Å²) in [5, 5.41) is 3.16. The summed E-state index contributed by atoms with van der Waals surface area (Å²) in [7, 11) is 3.66. The molecule has 1 aromatic rings. The molecule has 4 heteroatoms. The minimum absolute atomic E-state index is 0.706. The molecular formula is C16H27NO3. The highest BCUT2D eigenvalue weighted by Gasteiger charge is 2.06. The quantitative estimate of drug-likeness (QED) is 0.633. The number of hydrogen-bond acceptors (Lipinski definition) is 4. The van der Waals surface area contributed by atoms with Gasteiger partial charge in [0.25, 0.3) is 0 Å². The van der Waals surface area contributed by atoms with Crippen molar-refractivity contribution in [1.82, 2.24) is 5.32 Å². The summed E-state index contributed by atoms with van der Waals surface area (Å²) in [5.41, 5.74) is 1.16. The molecule has 0 unspecified atom stereocenters. The van der Waals surface area contributed by atoms with E-state index in [1.807, 2.05) is 19.2 Å². The Morgan fingerprint density at radius 3 is 2.55 bits per heavy atom. The Bertz CT molecular complexity index is 369. The fraction of sp³-hybridized carbons (Fsp3) is 0.625. The number of methoxy groups -OCH3 is 1. The third kappa shape index (κ3) is 6.26. The van der Waals surface area contributed by atoms with Crippen LogP contribution in [0.3, 0.4) is 0 Å². The topological polar surface area (TPSA) is 39.7 Å². The standard InChI is InChI=1S/C16H27NO3/c1-4-9-19-15-8-7-14(13-17-2)16(12-15)20-11-6-5-10-18-3/h7-8,12,17H,4-6,9-11,13H2,1-3H3. The third-order valence-corrected chi connectivity index (χ3v) is 2.88. The lowest BCUT2D eigenvalue weighted by atomic mass is 10.2. The third-order valence-electron chi connectivity index (χ3n) is 2.88. The van der Waals surface area contributed by atoms with Gasteiger partial charge in [-0.2, -0.15) is 0 Å². The van der Waals surface area contributed by atoms with Crippen LogP contribution >= 0.6 is 0 Å². The first kappa shape index (κ1) is 16.8.